The fourth-order valence-electron chi connectivity index (χ4n) is 3.14. The standard InChI is InChI=1S/C19H18N6O4/c1-23-17-16(18(27)24(2)19(23)28)25(11-22-17)10-14(26)21-9-12-5-3-7-20-15(12)13-6-4-8-29-13/h3-8,11H,9-10H2,1-2H3,(H,21,26). The second-order valence-corrected chi connectivity index (χ2v) is 6.52. The molecular formula is C19H18N6O4. The van der Waals surface area contributed by atoms with Crippen LogP contribution in [0.25, 0.3) is 22.6 Å². The van der Waals surface area contributed by atoms with Gasteiger partial charge < -0.3 is 14.3 Å². The zero-order valence-electron chi connectivity index (χ0n) is 15.8. The van der Waals surface area contributed by atoms with E-state index in [1.165, 1.54) is 29.6 Å². The summed E-state index contributed by atoms with van der Waals surface area (Å²) in [6, 6.07) is 7.19. The van der Waals surface area contributed by atoms with Gasteiger partial charge in [-0.1, -0.05) is 6.07 Å². The molecule has 10 heteroatoms. The molecule has 0 fully saturated rings. The number of pyridine rings is 1. The maximum absolute atomic E-state index is 12.5. The minimum absolute atomic E-state index is 0.111. The lowest BCUT2D eigenvalue weighted by Gasteiger charge is -2.09. The van der Waals surface area contributed by atoms with E-state index in [-0.39, 0.29) is 30.2 Å². The molecule has 0 bridgehead atoms. The predicted molar refractivity (Wildman–Crippen MR) is 104 cm³/mol. The summed E-state index contributed by atoms with van der Waals surface area (Å²) in [4.78, 5) is 45.4. The Kier molecular flexibility index (Phi) is 4.59. The minimum Gasteiger partial charge on any atom is -0.463 e. The van der Waals surface area contributed by atoms with Crippen molar-refractivity contribution in [1.82, 2.24) is 29.0 Å². The Labute approximate surface area is 164 Å². The molecule has 1 N–H and O–H groups in total. The molecule has 0 atom stereocenters. The van der Waals surface area contributed by atoms with Crippen molar-refractivity contribution in [3.8, 4) is 11.5 Å². The van der Waals surface area contributed by atoms with Gasteiger partial charge in [-0.25, -0.2) is 9.78 Å². The smallest absolute Gasteiger partial charge is 0.332 e. The minimum atomic E-state index is -0.499. The number of aryl methyl sites for hydroxylation is 1. The van der Waals surface area contributed by atoms with Crippen LogP contribution in [0.15, 0.2) is 57.1 Å². The van der Waals surface area contributed by atoms with Crippen LogP contribution < -0.4 is 16.6 Å². The average molecular weight is 394 g/mol. The summed E-state index contributed by atoms with van der Waals surface area (Å²) >= 11 is 0. The van der Waals surface area contributed by atoms with Crippen molar-refractivity contribution >= 4 is 17.1 Å². The van der Waals surface area contributed by atoms with Gasteiger partial charge in [0.1, 0.15) is 12.2 Å². The van der Waals surface area contributed by atoms with Gasteiger partial charge in [0.05, 0.1) is 12.6 Å². The topological polar surface area (TPSA) is 117 Å². The van der Waals surface area contributed by atoms with E-state index in [9.17, 15) is 14.4 Å². The van der Waals surface area contributed by atoms with Crippen LogP contribution in [-0.2, 0) is 32.0 Å². The summed E-state index contributed by atoms with van der Waals surface area (Å²) < 4.78 is 9.09. The van der Waals surface area contributed by atoms with Gasteiger partial charge in [0, 0.05) is 32.4 Å². The monoisotopic (exact) mass is 394 g/mol. The molecule has 0 saturated carbocycles. The first-order chi connectivity index (χ1) is 14.0. The Bertz CT molecular complexity index is 1310. The SMILES string of the molecule is Cn1c(=O)c2c(ncn2CC(=O)NCc2cccnc2-c2ccco2)n(C)c1=O. The number of rotatable bonds is 5. The van der Waals surface area contributed by atoms with Crippen LogP contribution in [0.4, 0.5) is 0 Å². The number of imidazole rings is 1. The highest BCUT2D eigenvalue weighted by Gasteiger charge is 2.16. The summed E-state index contributed by atoms with van der Waals surface area (Å²) in [5.74, 6) is 0.300. The molecule has 0 aliphatic carbocycles. The fraction of sp³-hybridized carbons (Fsp3) is 0.211. The van der Waals surface area contributed by atoms with Crippen LogP contribution in [0.1, 0.15) is 5.56 Å². The molecule has 4 heterocycles. The largest absolute Gasteiger partial charge is 0.463 e. The molecular weight excluding hydrogens is 376 g/mol. The number of hydrogen-bond acceptors (Lipinski definition) is 6. The molecule has 0 radical (unpaired) electrons. The van der Waals surface area contributed by atoms with Crippen molar-refractivity contribution in [3.05, 3.63) is 69.5 Å². The quantitative estimate of drug-likeness (QED) is 0.524. The molecule has 10 nitrogen and oxygen atoms in total. The first kappa shape index (κ1) is 18.4. The number of carbonyl (C=O) groups is 1. The van der Waals surface area contributed by atoms with E-state index < -0.39 is 11.2 Å². The normalized spacial score (nSPS) is 11.1. The van der Waals surface area contributed by atoms with Gasteiger partial charge in [0.25, 0.3) is 5.56 Å². The van der Waals surface area contributed by atoms with Gasteiger partial charge in [0.2, 0.25) is 5.91 Å². The summed E-state index contributed by atoms with van der Waals surface area (Å²) in [5, 5.41) is 2.82. The molecule has 0 spiro atoms. The van der Waals surface area contributed by atoms with E-state index in [0.29, 0.717) is 11.5 Å². The molecule has 0 aliphatic rings. The van der Waals surface area contributed by atoms with Crippen molar-refractivity contribution in [2.24, 2.45) is 14.1 Å². The molecule has 4 aromatic rings. The number of hydrogen-bond donors (Lipinski definition) is 1. The van der Waals surface area contributed by atoms with Crippen LogP contribution >= 0.6 is 0 Å². The predicted octanol–water partition coefficient (Wildman–Crippen LogP) is 0.405. The molecule has 148 valence electrons. The Morgan fingerprint density at radius 2 is 1.97 bits per heavy atom. The Morgan fingerprint density at radius 3 is 2.72 bits per heavy atom. The summed E-state index contributed by atoms with van der Waals surface area (Å²) in [6.45, 7) is 0.131. The van der Waals surface area contributed by atoms with Gasteiger partial charge in [-0.15, -0.1) is 0 Å². The van der Waals surface area contributed by atoms with Crippen molar-refractivity contribution < 1.29 is 9.21 Å². The summed E-state index contributed by atoms with van der Waals surface area (Å²) in [5.41, 5.74) is 0.903. The Hall–Kier alpha value is -3.95. The summed E-state index contributed by atoms with van der Waals surface area (Å²) in [6.07, 6.45) is 4.59. The third-order valence-corrected chi connectivity index (χ3v) is 4.65. The number of nitrogens with zero attached hydrogens (tertiary/aromatic N) is 5. The van der Waals surface area contributed by atoms with Gasteiger partial charge >= 0.3 is 5.69 Å². The van der Waals surface area contributed by atoms with Crippen LogP contribution in [-0.4, -0.2) is 29.6 Å². The molecule has 4 aromatic heterocycles. The zero-order chi connectivity index (χ0) is 20.5. The number of nitrogens with one attached hydrogen (secondary N) is 1. The van der Waals surface area contributed by atoms with Crippen molar-refractivity contribution in [2.45, 2.75) is 13.1 Å². The number of fused-ring (bicyclic) bond motifs is 1. The number of aromatic nitrogens is 5. The molecule has 4 rings (SSSR count). The highest BCUT2D eigenvalue weighted by atomic mass is 16.3. The number of carbonyl (C=O) groups excluding carboxylic acids is 1. The van der Waals surface area contributed by atoms with Gasteiger partial charge in [-0.3, -0.25) is 23.7 Å². The molecule has 0 saturated heterocycles. The first-order valence-corrected chi connectivity index (χ1v) is 8.82. The molecule has 0 aliphatic heterocycles. The molecule has 0 unspecified atom stereocenters. The highest BCUT2D eigenvalue weighted by Crippen LogP contribution is 2.21. The second-order valence-electron chi connectivity index (χ2n) is 6.52. The Morgan fingerprint density at radius 1 is 1.14 bits per heavy atom. The second kappa shape index (κ2) is 7.23. The average Bonchev–Trinajstić information content (AvgIpc) is 3.40. The molecule has 0 aromatic carbocycles. The third-order valence-electron chi connectivity index (χ3n) is 4.65. The van der Waals surface area contributed by atoms with Crippen molar-refractivity contribution in [1.29, 1.82) is 0 Å². The van der Waals surface area contributed by atoms with E-state index in [1.54, 1.807) is 30.7 Å². The third kappa shape index (κ3) is 3.24. The van der Waals surface area contributed by atoms with Gasteiger partial charge in [0.15, 0.2) is 16.9 Å². The maximum atomic E-state index is 12.5. The van der Waals surface area contributed by atoms with Crippen LogP contribution in [0.3, 0.4) is 0 Å². The van der Waals surface area contributed by atoms with Crippen LogP contribution in [0.2, 0.25) is 0 Å². The van der Waals surface area contributed by atoms with E-state index in [2.05, 4.69) is 15.3 Å². The highest BCUT2D eigenvalue weighted by molar-refractivity contribution is 5.79. The number of amides is 1. The lowest BCUT2D eigenvalue weighted by molar-refractivity contribution is -0.121. The zero-order valence-corrected chi connectivity index (χ0v) is 15.8. The lowest BCUT2D eigenvalue weighted by Crippen LogP contribution is -2.38. The van der Waals surface area contributed by atoms with E-state index in [0.717, 1.165) is 10.1 Å². The molecule has 1 amide bonds. The van der Waals surface area contributed by atoms with E-state index in [1.807, 2.05) is 6.07 Å². The Balaban J connectivity index is 1.55. The van der Waals surface area contributed by atoms with E-state index in [4.69, 9.17) is 4.42 Å². The lowest BCUT2D eigenvalue weighted by atomic mass is 10.1. The van der Waals surface area contributed by atoms with Gasteiger partial charge in [-0.05, 0) is 18.2 Å². The first-order valence-electron chi connectivity index (χ1n) is 8.82. The summed E-state index contributed by atoms with van der Waals surface area (Å²) in [7, 11) is 2.92. The van der Waals surface area contributed by atoms with Crippen LogP contribution in [0.5, 0.6) is 0 Å². The van der Waals surface area contributed by atoms with Crippen LogP contribution in [0, 0.1) is 0 Å². The number of furan rings is 1. The van der Waals surface area contributed by atoms with Gasteiger partial charge in [-0.2, -0.15) is 0 Å². The van der Waals surface area contributed by atoms with Crippen molar-refractivity contribution in [3.63, 3.8) is 0 Å². The molecule has 29 heavy (non-hydrogen) atoms. The fourth-order valence-corrected chi connectivity index (χ4v) is 3.14. The maximum Gasteiger partial charge on any atom is 0.332 e. The van der Waals surface area contributed by atoms with E-state index >= 15 is 0 Å². The van der Waals surface area contributed by atoms with Crippen molar-refractivity contribution in [2.75, 3.05) is 0 Å².